The SMILES string of the molecule is O=C(NCC[C@H](O)C(=O)N1CCNCC1)OCc1ccc([N+](=O)[O-])cc1. The van der Waals surface area contributed by atoms with Crippen molar-refractivity contribution in [2.45, 2.75) is 19.1 Å². The molecular weight excluding hydrogens is 344 g/mol. The van der Waals surface area contributed by atoms with Gasteiger partial charge in [0.1, 0.15) is 12.7 Å². The Labute approximate surface area is 150 Å². The van der Waals surface area contributed by atoms with Gasteiger partial charge in [0.25, 0.3) is 11.6 Å². The number of nitrogens with zero attached hydrogens (tertiary/aromatic N) is 2. The minimum Gasteiger partial charge on any atom is -0.445 e. The van der Waals surface area contributed by atoms with E-state index in [1.165, 1.54) is 24.3 Å². The highest BCUT2D eigenvalue weighted by molar-refractivity contribution is 5.80. The molecule has 1 atom stereocenters. The molecule has 0 aliphatic carbocycles. The molecule has 10 nitrogen and oxygen atoms in total. The van der Waals surface area contributed by atoms with Gasteiger partial charge < -0.3 is 25.4 Å². The van der Waals surface area contributed by atoms with E-state index in [4.69, 9.17) is 4.74 Å². The van der Waals surface area contributed by atoms with Gasteiger partial charge in [-0.25, -0.2) is 4.79 Å². The molecule has 2 rings (SSSR count). The lowest BCUT2D eigenvalue weighted by molar-refractivity contribution is -0.384. The minimum atomic E-state index is -1.16. The second-order valence-corrected chi connectivity index (χ2v) is 5.81. The van der Waals surface area contributed by atoms with Gasteiger partial charge in [-0.15, -0.1) is 0 Å². The first-order valence-corrected chi connectivity index (χ1v) is 8.29. The lowest BCUT2D eigenvalue weighted by atomic mass is 10.2. The number of hydrogen-bond donors (Lipinski definition) is 3. The molecule has 1 aromatic rings. The van der Waals surface area contributed by atoms with Crippen molar-refractivity contribution in [3.05, 3.63) is 39.9 Å². The number of hydrogen-bond acceptors (Lipinski definition) is 7. The molecule has 0 radical (unpaired) electrons. The van der Waals surface area contributed by atoms with Crippen molar-refractivity contribution in [2.75, 3.05) is 32.7 Å². The predicted octanol–water partition coefficient (Wildman–Crippen LogP) is 0.00380. The summed E-state index contributed by atoms with van der Waals surface area (Å²) >= 11 is 0. The number of alkyl carbamates (subject to hydrolysis) is 1. The van der Waals surface area contributed by atoms with Crippen LogP contribution in [0.4, 0.5) is 10.5 Å². The summed E-state index contributed by atoms with van der Waals surface area (Å²) in [6.07, 6.45) is -1.76. The number of nitro benzene ring substituents is 1. The lowest BCUT2D eigenvalue weighted by Gasteiger charge is -2.29. The van der Waals surface area contributed by atoms with Gasteiger partial charge >= 0.3 is 6.09 Å². The highest BCUT2D eigenvalue weighted by Gasteiger charge is 2.23. The Balaban J connectivity index is 1.65. The molecule has 2 amide bonds. The molecule has 10 heteroatoms. The van der Waals surface area contributed by atoms with Crippen LogP contribution in [0.3, 0.4) is 0 Å². The quantitative estimate of drug-likeness (QED) is 0.457. The standard InChI is InChI=1S/C16H22N4O6/c21-14(15(22)19-9-7-17-8-10-19)5-6-18-16(23)26-11-12-1-3-13(4-2-12)20(24)25/h1-4,14,17,21H,5-11H2,(H,18,23)/t14-/m0/s1. The van der Waals surface area contributed by atoms with Crippen molar-refractivity contribution in [3.63, 3.8) is 0 Å². The summed E-state index contributed by atoms with van der Waals surface area (Å²) < 4.78 is 4.98. The average Bonchev–Trinajstić information content (AvgIpc) is 2.66. The molecule has 1 aromatic carbocycles. The molecule has 0 unspecified atom stereocenters. The Morgan fingerprint density at radius 1 is 1.31 bits per heavy atom. The molecule has 0 spiro atoms. The topological polar surface area (TPSA) is 134 Å². The first kappa shape index (κ1) is 19.6. The third-order valence-corrected chi connectivity index (χ3v) is 3.92. The zero-order valence-corrected chi connectivity index (χ0v) is 14.2. The van der Waals surface area contributed by atoms with Gasteiger partial charge in [0.2, 0.25) is 0 Å². The van der Waals surface area contributed by atoms with Crippen LogP contribution in [0.2, 0.25) is 0 Å². The highest BCUT2D eigenvalue weighted by atomic mass is 16.6. The van der Waals surface area contributed by atoms with Crippen LogP contribution in [0.25, 0.3) is 0 Å². The van der Waals surface area contributed by atoms with E-state index in [2.05, 4.69) is 10.6 Å². The molecule has 26 heavy (non-hydrogen) atoms. The van der Waals surface area contributed by atoms with Crippen LogP contribution < -0.4 is 10.6 Å². The monoisotopic (exact) mass is 366 g/mol. The number of non-ortho nitro benzene ring substituents is 1. The van der Waals surface area contributed by atoms with E-state index < -0.39 is 17.1 Å². The number of carbonyl (C=O) groups excluding carboxylic acids is 2. The fraction of sp³-hybridized carbons (Fsp3) is 0.500. The Morgan fingerprint density at radius 3 is 2.58 bits per heavy atom. The molecule has 1 heterocycles. The van der Waals surface area contributed by atoms with Crippen LogP contribution in [0.1, 0.15) is 12.0 Å². The van der Waals surface area contributed by atoms with Gasteiger partial charge in [0.15, 0.2) is 0 Å². The number of carbonyl (C=O) groups is 2. The van der Waals surface area contributed by atoms with Crippen molar-refractivity contribution < 1.29 is 24.4 Å². The number of nitrogens with one attached hydrogen (secondary N) is 2. The van der Waals surface area contributed by atoms with E-state index in [1.807, 2.05) is 0 Å². The van der Waals surface area contributed by atoms with Crippen molar-refractivity contribution in [1.82, 2.24) is 15.5 Å². The van der Waals surface area contributed by atoms with Gasteiger partial charge in [-0.2, -0.15) is 0 Å². The molecule has 1 saturated heterocycles. The fourth-order valence-electron chi connectivity index (χ4n) is 2.44. The van der Waals surface area contributed by atoms with E-state index in [-0.39, 0.29) is 31.2 Å². The van der Waals surface area contributed by atoms with Crippen LogP contribution in [0.5, 0.6) is 0 Å². The van der Waals surface area contributed by atoms with E-state index in [0.29, 0.717) is 31.7 Å². The fourth-order valence-corrected chi connectivity index (χ4v) is 2.44. The third-order valence-electron chi connectivity index (χ3n) is 3.92. The number of piperazine rings is 1. The van der Waals surface area contributed by atoms with Crippen LogP contribution >= 0.6 is 0 Å². The highest BCUT2D eigenvalue weighted by Crippen LogP contribution is 2.12. The molecule has 1 aliphatic rings. The Bertz CT molecular complexity index is 630. The summed E-state index contributed by atoms with van der Waals surface area (Å²) in [5, 5.41) is 26.0. The number of amides is 2. The van der Waals surface area contributed by atoms with Crippen molar-refractivity contribution in [3.8, 4) is 0 Å². The van der Waals surface area contributed by atoms with Gasteiger partial charge in [-0.1, -0.05) is 0 Å². The maximum Gasteiger partial charge on any atom is 0.407 e. The first-order chi connectivity index (χ1) is 12.5. The Morgan fingerprint density at radius 2 is 1.96 bits per heavy atom. The van der Waals surface area contributed by atoms with Crippen LogP contribution in [0.15, 0.2) is 24.3 Å². The molecule has 3 N–H and O–H groups in total. The van der Waals surface area contributed by atoms with Crippen molar-refractivity contribution in [2.24, 2.45) is 0 Å². The van der Waals surface area contributed by atoms with Gasteiger partial charge in [0, 0.05) is 44.9 Å². The summed E-state index contributed by atoms with van der Waals surface area (Å²) in [6.45, 7) is 2.57. The number of nitro groups is 1. The van der Waals surface area contributed by atoms with Gasteiger partial charge in [-0.3, -0.25) is 14.9 Å². The van der Waals surface area contributed by atoms with E-state index in [1.54, 1.807) is 4.90 Å². The second-order valence-electron chi connectivity index (χ2n) is 5.81. The maximum absolute atomic E-state index is 12.0. The number of benzene rings is 1. The molecule has 0 aromatic heterocycles. The average molecular weight is 366 g/mol. The third kappa shape index (κ3) is 5.97. The molecule has 1 fully saturated rings. The van der Waals surface area contributed by atoms with Gasteiger partial charge in [-0.05, 0) is 24.1 Å². The number of aliphatic hydroxyl groups is 1. The number of aliphatic hydroxyl groups excluding tert-OH is 1. The van der Waals surface area contributed by atoms with Crippen LogP contribution in [0, 0.1) is 10.1 Å². The predicted molar refractivity (Wildman–Crippen MR) is 91.4 cm³/mol. The van der Waals surface area contributed by atoms with Crippen molar-refractivity contribution in [1.29, 1.82) is 0 Å². The summed E-state index contributed by atoms with van der Waals surface area (Å²) in [4.78, 5) is 35.3. The van der Waals surface area contributed by atoms with Crippen LogP contribution in [-0.2, 0) is 16.1 Å². The lowest BCUT2D eigenvalue weighted by Crippen LogP contribution is -2.50. The molecule has 0 saturated carbocycles. The van der Waals surface area contributed by atoms with Crippen LogP contribution in [-0.4, -0.2) is 65.8 Å². The smallest absolute Gasteiger partial charge is 0.407 e. The normalized spacial score (nSPS) is 15.2. The van der Waals surface area contributed by atoms with E-state index in [9.17, 15) is 24.8 Å². The molecular formula is C16H22N4O6. The zero-order chi connectivity index (χ0) is 18.9. The zero-order valence-electron chi connectivity index (χ0n) is 14.2. The number of ether oxygens (including phenoxy) is 1. The molecule has 0 bridgehead atoms. The first-order valence-electron chi connectivity index (χ1n) is 8.29. The summed E-state index contributed by atoms with van der Waals surface area (Å²) in [5.74, 6) is -0.340. The largest absolute Gasteiger partial charge is 0.445 e. The Hall–Kier alpha value is -2.72. The maximum atomic E-state index is 12.0. The summed E-state index contributed by atoms with van der Waals surface area (Å²) in [7, 11) is 0. The summed E-state index contributed by atoms with van der Waals surface area (Å²) in [6, 6.07) is 5.66. The molecule has 1 aliphatic heterocycles. The van der Waals surface area contributed by atoms with E-state index in [0.717, 1.165) is 0 Å². The van der Waals surface area contributed by atoms with Crippen molar-refractivity contribution >= 4 is 17.7 Å². The second kappa shape index (κ2) is 9.68. The minimum absolute atomic E-state index is 0.0356. The van der Waals surface area contributed by atoms with Gasteiger partial charge in [0.05, 0.1) is 4.92 Å². The summed E-state index contributed by atoms with van der Waals surface area (Å²) in [5.41, 5.74) is 0.570. The van der Waals surface area contributed by atoms with E-state index >= 15 is 0 Å². The Kier molecular flexibility index (Phi) is 7.30. The number of rotatable bonds is 7. The molecule has 142 valence electrons.